The third-order valence-corrected chi connectivity index (χ3v) is 3.23. The van der Waals surface area contributed by atoms with Crippen LogP contribution in [0.15, 0.2) is 0 Å². The lowest BCUT2D eigenvalue weighted by molar-refractivity contribution is -0.126. The summed E-state index contributed by atoms with van der Waals surface area (Å²) in [5.74, 6) is -0.278. The number of piperidine rings is 1. The molecule has 0 aromatic carbocycles. The number of aliphatic hydroxyl groups excluding tert-OH is 1. The second-order valence-electron chi connectivity index (χ2n) is 6.39. The molecule has 2 N–H and O–H groups in total. The van der Waals surface area contributed by atoms with Crippen LogP contribution in [-0.2, 0) is 14.3 Å². The Morgan fingerprint density at radius 2 is 2.05 bits per heavy atom. The minimum atomic E-state index is -0.531. The first-order chi connectivity index (χ1) is 10.3. The number of hydrogen-bond acceptors (Lipinski definition) is 5. The maximum absolute atomic E-state index is 12.1. The Kier molecular flexibility index (Phi) is 7.61. The fourth-order valence-corrected chi connectivity index (χ4v) is 2.24. The van der Waals surface area contributed by atoms with Crippen LogP contribution in [0.4, 0.5) is 4.79 Å². The molecule has 1 fully saturated rings. The summed E-state index contributed by atoms with van der Waals surface area (Å²) in [6.07, 6.45) is 1.19. The highest BCUT2D eigenvalue weighted by molar-refractivity contribution is 5.80. The molecule has 0 aromatic rings. The van der Waals surface area contributed by atoms with E-state index in [1.807, 2.05) is 20.8 Å². The predicted molar refractivity (Wildman–Crippen MR) is 81.4 cm³/mol. The first kappa shape index (κ1) is 18.7. The first-order valence-corrected chi connectivity index (χ1v) is 7.77. The highest BCUT2D eigenvalue weighted by Crippen LogP contribution is 2.19. The Morgan fingerprint density at radius 3 is 2.68 bits per heavy atom. The molecule has 0 radical (unpaired) electrons. The molecular weight excluding hydrogens is 288 g/mol. The number of aliphatic hydroxyl groups is 1. The van der Waals surface area contributed by atoms with Crippen LogP contribution < -0.4 is 5.32 Å². The predicted octanol–water partition coefficient (Wildman–Crippen LogP) is 0.759. The minimum Gasteiger partial charge on any atom is -0.444 e. The van der Waals surface area contributed by atoms with Crippen LogP contribution in [0.2, 0.25) is 0 Å². The van der Waals surface area contributed by atoms with Gasteiger partial charge in [0, 0.05) is 19.6 Å². The molecule has 0 aliphatic carbocycles. The van der Waals surface area contributed by atoms with Crippen LogP contribution in [-0.4, -0.2) is 67.1 Å². The molecule has 0 bridgehead atoms. The monoisotopic (exact) mass is 316 g/mol. The molecule has 1 aliphatic heterocycles. The largest absolute Gasteiger partial charge is 0.444 e. The van der Waals surface area contributed by atoms with Crippen LogP contribution in [0.25, 0.3) is 0 Å². The molecule has 0 spiro atoms. The van der Waals surface area contributed by atoms with Crippen molar-refractivity contribution in [2.24, 2.45) is 5.92 Å². The molecule has 1 atom stereocenters. The van der Waals surface area contributed by atoms with Gasteiger partial charge in [0.2, 0.25) is 5.91 Å². The quantitative estimate of drug-likeness (QED) is 0.706. The smallest absolute Gasteiger partial charge is 0.410 e. The van der Waals surface area contributed by atoms with E-state index in [4.69, 9.17) is 14.6 Å². The van der Waals surface area contributed by atoms with Gasteiger partial charge in [0.25, 0.3) is 0 Å². The summed E-state index contributed by atoms with van der Waals surface area (Å²) in [4.78, 5) is 25.7. The van der Waals surface area contributed by atoms with Gasteiger partial charge in [-0.2, -0.15) is 0 Å². The molecule has 7 heteroatoms. The normalized spacial score (nSPS) is 18.9. The van der Waals surface area contributed by atoms with Gasteiger partial charge in [-0.1, -0.05) is 0 Å². The molecule has 128 valence electrons. The molecule has 1 aliphatic rings. The zero-order valence-electron chi connectivity index (χ0n) is 13.8. The van der Waals surface area contributed by atoms with E-state index in [1.165, 1.54) is 0 Å². The molecule has 0 saturated carbocycles. The Morgan fingerprint density at radius 1 is 1.32 bits per heavy atom. The van der Waals surface area contributed by atoms with Gasteiger partial charge in [0.05, 0.1) is 25.7 Å². The average Bonchev–Trinajstić information content (AvgIpc) is 2.45. The second kappa shape index (κ2) is 8.95. The van der Waals surface area contributed by atoms with Crippen molar-refractivity contribution in [3.8, 4) is 0 Å². The van der Waals surface area contributed by atoms with E-state index in [0.29, 0.717) is 26.2 Å². The SMILES string of the molecule is CC(C)(C)OC(=O)N1CCCC(C(=O)NCCOCCO)C1. The third-order valence-electron chi connectivity index (χ3n) is 3.23. The van der Waals surface area contributed by atoms with Crippen molar-refractivity contribution in [2.45, 2.75) is 39.2 Å². The number of nitrogens with zero attached hydrogens (tertiary/aromatic N) is 1. The number of carbonyl (C=O) groups excluding carboxylic acids is 2. The van der Waals surface area contributed by atoms with Crippen molar-refractivity contribution in [1.82, 2.24) is 10.2 Å². The van der Waals surface area contributed by atoms with Gasteiger partial charge in [-0.15, -0.1) is 0 Å². The van der Waals surface area contributed by atoms with E-state index in [2.05, 4.69) is 5.32 Å². The van der Waals surface area contributed by atoms with Gasteiger partial charge in [-0.05, 0) is 33.6 Å². The van der Waals surface area contributed by atoms with E-state index >= 15 is 0 Å². The number of hydrogen-bond donors (Lipinski definition) is 2. The van der Waals surface area contributed by atoms with Crippen molar-refractivity contribution in [3.63, 3.8) is 0 Å². The average molecular weight is 316 g/mol. The zero-order valence-corrected chi connectivity index (χ0v) is 13.8. The summed E-state index contributed by atoms with van der Waals surface area (Å²) < 4.78 is 10.4. The zero-order chi connectivity index (χ0) is 16.6. The molecule has 0 aromatic heterocycles. The van der Waals surface area contributed by atoms with Crippen LogP contribution >= 0.6 is 0 Å². The Bertz CT molecular complexity index is 367. The standard InChI is InChI=1S/C15H28N2O5/c1-15(2,3)22-14(20)17-7-4-5-12(11-17)13(19)16-6-9-21-10-8-18/h12,18H,4-11H2,1-3H3,(H,16,19). The Balaban J connectivity index is 2.35. The van der Waals surface area contributed by atoms with Gasteiger partial charge < -0.3 is 24.8 Å². The molecular formula is C15H28N2O5. The topological polar surface area (TPSA) is 88.1 Å². The highest BCUT2D eigenvalue weighted by Gasteiger charge is 2.30. The van der Waals surface area contributed by atoms with Crippen molar-refractivity contribution in [3.05, 3.63) is 0 Å². The molecule has 1 saturated heterocycles. The molecule has 22 heavy (non-hydrogen) atoms. The lowest BCUT2D eigenvalue weighted by Crippen LogP contribution is -2.47. The van der Waals surface area contributed by atoms with Gasteiger partial charge in [-0.3, -0.25) is 4.79 Å². The summed E-state index contributed by atoms with van der Waals surface area (Å²) in [6.45, 7) is 7.50. The summed E-state index contributed by atoms with van der Waals surface area (Å²) in [5.41, 5.74) is -0.531. The fourth-order valence-electron chi connectivity index (χ4n) is 2.24. The van der Waals surface area contributed by atoms with E-state index in [0.717, 1.165) is 12.8 Å². The molecule has 1 heterocycles. The number of likely N-dealkylation sites (tertiary alicyclic amines) is 1. The van der Waals surface area contributed by atoms with E-state index in [1.54, 1.807) is 4.90 Å². The van der Waals surface area contributed by atoms with Crippen LogP contribution in [0, 0.1) is 5.92 Å². The summed E-state index contributed by atoms with van der Waals surface area (Å²) in [6, 6.07) is 0. The number of carbonyl (C=O) groups is 2. The van der Waals surface area contributed by atoms with Gasteiger partial charge >= 0.3 is 6.09 Å². The maximum Gasteiger partial charge on any atom is 0.410 e. The third kappa shape index (κ3) is 7.09. The van der Waals surface area contributed by atoms with Crippen molar-refractivity contribution in [1.29, 1.82) is 0 Å². The lowest BCUT2D eigenvalue weighted by atomic mass is 9.97. The Labute approximate surface area is 131 Å². The van der Waals surface area contributed by atoms with Crippen LogP contribution in [0.3, 0.4) is 0 Å². The minimum absolute atomic E-state index is 0.0264. The second-order valence-corrected chi connectivity index (χ2v) is 6.39. The fraction of sp³-hybridized carbons (Fsp3) is 0.867. The number of rotatable bonds is 6. The van der Waals surface area contributed by atoms with Crippen molar-refractivity contribution >= 4 is 12.0 Å². The van der Waals surface area contributed by atoms with E-state index in [9.17, 15) is 9.59 Å². The molecule has 1 unspecified atom stereocenters. The lowest BCUT2D eigenvalue weighted by Gasteiger charge is -2.33. The van der Waals surface area contributed by atoms with Gasteiger partial charge in [0.15, 0.2) is 0 Å². The first-order valence-electron chi connectivity index (χ1n) is 7.77. The van der Waals surface area contributed by atoms with Gasteiger partial charge in [-0.25, -0.2) is 4.79 Å². The number of amides is 2. The molecule has 1 rings (SSSR count). The molecule has 2 amide bonds. The van der Waals surface area contributed by atoms with Crippen LogP contribution in [0.5, 0.6) is 0 Å². The van der Waals surface area contributed by atoms with Crippen molar-refractivity contribution in [2.75, 3.05) is 39.5 Å². The maximum atomic E-state index is 12.1. The van der Waals surface area contributed by atoms with Crippen molar-refractivity contribution < 1.29 is 24.2 Å². The summed E-state index contributed by atoms with van der Waals surface area (Å²) >= 11 is 0. The number of ether oxygens (including phenoxy) is 2. The van der Waals surface area contributed by atoms with Gasteiger partial charge in [0.1, 0.15) is 5.60 Å². The molecule has 7 nitrogen and oxygen atoms in total. The van der Waals surface area contributed by atoms with E-state index in [-0.39, 0.29) is 31.1 Å². The Hall–Kier alpha value is -1.34. The summed E-state index contributed by atoms with van der Waals surface area (Å²) in [5, 5.41) is 11.4. The van der Waals surface area contributed by atoms with E-state index < -0.39 is 5.60 Å². The summed E-state index contributed by atoms with van der Waals surface area (Å²) in [7, 11) is 0. The highest BCUT2D eigenvalue weighted by atomic mass is 16.6. The van der Waals surface area contributed by atoms with Crippen LogP contribution in [0.1, 0.15) is 33.6 Å². The number of nitrogens with one attached hydrogen (secondary N) is 1.